The molecule has 0 N–H and O–H groups in total. The summed E-state index contributed by atoms with van der Waals surface area (Å²) in [5.74, 6) is 0.531. The molecule has 0 amide bonds. The van der Waals surface area contributed by atoms with Crippen LogP contribution in [0.1, 0.15) is 6.42 Å². The van der Waals surface area contributed by atoms with Crippen molar-refractivity contribution in [2.75, 3.05) is 0 Å². The first-order chi connectivity index (χ1) is 6.45. The van der Waals surface area contributed by atoms with Crippen LogP contribution in [-0.4, -0.2) is 0 Å². The van der Waals surface area contributed by atoms with Crippen LogP contribution in [0.4, 0.5) is 0 Å². The summed E-state index contributed by atoms with van der Waals surface area (Å²) in [5.41, 5.74) is 4.29. The summed E-state index contributed by atoms with van der Waals surface area (Å²) < 4.78 is 0. The van der Waals surface area contributed by atoms with Crippen LogP contribution < -0.4 is 0 Å². The highest BCUT2D eigenvalue weighted by molar-refractivity contribution is 5.62. The second-order valence-corrected chi connectivity index (χ2v) is 3.60. The van der Waals surface area contributed by atoms with Crippen LogP contribution >= 0.6 is 0 Å². The second-order valence-electron chi connectivity index (χ2n) is 3.60. The van der Waals surface area contributed by atoms with Crippen molar-refractivity contribution in [3.8, 4) is 0 Å². The van der Waals surface area contributed by atoms with Crippen LogP contribution in [0.3, 0.4) is 0 Å². The molecule has 3 aliphatic carbocycles. The molecule has 3 rings (SSSR count). The van der Waals surface area contributed by atoms with Gasteiger partial charge in [0.15, 0.2) is 0 Å². The molecule has 63 valence electrons. The van der Waals surface area contributed by atoms with Gasteiger partial charge in [0.1, 0.15) is 0 Å². The molecule has 0 heterocycles. The third kappa shape index (κ3) is 0.983. The number of rotatable bonds is 0. The Labute approximate surface area is 78.7 Å². The molecule has 1 atom stereocenters. The number of fused-ring (bicyclic) bond motifs is 2. The molecule has 0 aromatic carbocycles. The minimum Gasteiger partial charge on any atom is -0.0838 e. The van der Waals surface area contributed by atoms with Gasteiger partial charge in [-0.15, -0.1) is 0 Å². The van der Waals surface area contributed by atoms with Gasteiger partial charge in [-0.05, 0) is 23.1 Å². The van der Waals surface area contributed by atoms with E-state index in [9.17, 15) is 0 Å². The lowest BCUT2D eigenvalue weighted by atomic mass is 9.82. The van der Waals surface area contributed by atoms with Crippen LogP contribution in [0.2, 0.25) is 0 Å². The maximum atomic E-state index is 2.34. The Bertz CT molecular complexity index is 386. The average molecular weight is 167 g/mol. The maximum absolute atomic E-state index is 2.34. The van der Waals surface area contributed by atoms with Gasteiger partial charge in [-0.25, -0.2) is 0 Å². The zero-order chi connectivity index (χ0) is 8.67. The standard InChI is InChI=1S/C13H11/c1-2-6-12-10(4-1)8-9-11-5-3-7-13(11)12/h1,3-10H,2H2. The summed E-state index contributed by atoms with van der Waals surface area (Å²) >= 11 is 0. The molecule has 13 heavy (non-hydrogen) atoms. The first-order valence-electron chi connectivity index (χ1n) is 4.76. The molecule has 0 aromatic rings. The van der Waals surface area contributed by atoms with Gasteiger partial charge in [-0.3, -0.25) is 0 Å². The van der Waals surface area contributed by atoms with Gasteiger partial charge in [0.2, 0.25) is 0 Å². The molecular weight excluding hydrogens is 156 g/mol. The van der Waals surface area contributed by atoms with Gasteiger partial charge in [-0.2, -0.15) is 0 Å². The zero-order valence-corrected chi connectivity index (χ0v) is 7.40. The minimum absolute atomic E-state index is 0.531. The molecule has 3 aliphatic rings. The van der Waals surface area contributed by atoms with E-state index >= 15 is 0 Å². The molecular formula is C13H11. The Hall–Kier alpha value is -1.30. The Morgan fingerprint density at radius 1 is 1.15 bits per heavy atom. The van der Waals surface area contributed by atoms with Gasteiger partial charge < -0.3 is 0 Å². The van der Waals surface area contributed by atoms with Crippen molar-refractivity contribution in [3.05, 3.63) is 65.7 Å². The van der Waals surface area contributed by atoms with Crippen molar-refractivity contribution in [3.63, 3.8) is 0 Å². The zero-order valence-electron chi connectivity index (χ0n) is 7.40. The molecule has 1 unspecified atom stereocenters. The Kier molecular flexibility index (Phi) is 1.42. The fraction of sp³-hybridized carbons (Fsp3) is 0.154. The van der Waals surface area contributed by atoms with Crippen molar-refractivity contribution < 1.29 is 0 Å². The van der Waals surface area contributed by atoms with Crippen molar-refractivity contribution in [2.24, 2.45) is 5.92 Å². The molecule has 0 saturated heterocycles. The molecule has 0 aromatic heterocycles. The smallest absolute Gasteiger partial charge is 0.0202 e. The Morgan fingerprint density at radius 2 is 2.15 bits per heavy atom. The first-order valence-corrected chi connectivity index (χ1v) is 4.76. The predicted octanol–water partition coefficient (Wildman–Crippen LogP) is 3.13. The van der Waals surface area contributed by atoms with E-state index in [1.54, 1.807) is 0 Å². The molecule has 1 radical (unpaired) electrons. The van der Waals surface area contributed by atoms with E-state index in [1.807, 2.05) is 0 Å². The van der Waals surface area contributed by atoms with Crippen LogP contribution in [-0.2, 0) is 0 Å². The molecule has 0 nitrogen and oxygen atoms in total. The van der Waals surface area contributed by atoms with Gasteiger partial charge in [0.05, 0.1) is 0 Å². The van der Waals surface area contributed by atoms with E-state index < -0.39 is 0 Å². The SMILES string of the molecule is [CH]1C=CC2=C1C1=CCC=CC1C=C2. The van der Waals surface area contributed by atoms with Crippen molar-refractivity contribution >= 4 is 0 Å². The fourth-order valence-corrected chi connectivity index (χ4v) is 2.17. The van der Waals surface area contributed by atoms with Gasteiger partial charge in [-0.1, -0.05) is 42.5 Å². The highest BCUT2D eigenvalue weighted by Crippen LogP contribution is 2.37. The van der Waals surface area contributed by atoms with E-state index in [-0.39, 0.29) is 0 Å². The summed E-state index contributed by atoms with van der Waals surface area (Å²) in [6.45, 7) is 0. The monoisotopic (exact) mass is 167 g/mol. The lowest BCUT2D eigenvalue weighted by Gasteiger charge is -2.22. The van der Waals surface area contributed by atoms with E-state index in [0.717, 1.165) is 6.42 Å². The third-order valence-corrected chi connectivity index (χ3v) is 2.82. The van der Waals surface area contributed by atoms with E-state index in [0.29, 0.717) is 5.92 Å². The van der Waals surface area contributed by atoms with Gasteiger partial charge in [0.25, 0.3) is 0 Å². The quantitative estimate of drug-likeness (QED) is 0.486. The minimum atomic E-state index is 0.531. The second kappa shape index (κ2) is 2.59. The molecule has 0 spiro atoms. The summed E-state index contributed by atoms with van der Waals surface area (Å²) in [6.07, 6.45) is 19.0. The average Bonchev–Trinajstić information content (AvgIpc) is 2.65. The Balaban J connectivity index is 2.09. The summed E-state index contributed by atoms with van der Waals surface area (Å²) in [4.78, 5) is 0. The lowest BCUT2D eigenvalue weighted by Crippen LogP contribution is -2.07. The normalized spacial score (nSPS) is 28.9. The third-order valence-electron chi connectivity index (χ3n) is 2.82. The van der Waals surface area contributed by atoms with E-state index in [4.69, 9.17) is 0 Å². The van der Waals surface area contributed by atoms with Crippen LogP contribution in [0.15, 0.2) is 59.3 Å². The van der Waals surface area contributed by atoms with Gasteiger partial charge >= 0.3 is 0 Å². The maximum Gasteiger partial charge on any atom is 0.0202 e. The number of hydrogen-bond donors (Lipinski definition) is 0. The van der Waals surface area contributed by atoms with Crippen LogP contribution in [0.25, 0.3) is 0 Å². The van der Waals surface area contributed by atoms with Crippen molar-refractivity contribution in [2.45, 2.75) is 6.42 Å². The lowest BCUT2D eigenvalue weighted by molar-refractivity contribution is 0.927. The van der Waals surface area contributed by atoms with Crippen molar-refractivity contribution in [1.82, 2.24) is 0 Å². The largest absolute Gasteiger partial charge is 0.0838 e. The molecule has 0 fully saturated rings. The van der Waals surface area contributed by atoms with E-state index in [1.165, 1.54) is 16.7 Å². The highest BCUT2D eigenvalue weighted by Gasteiger charge is 2.21. The van der Waals surface area contributed by atoms with Gasteiger partial charge in [0, 0.05) is 12.3 Å². The molecule has 0 bridgehead atoms. The first kappa shape index (κ1) is 7.14. The highest BCUT2D eigenvalue weighted by atomic mass is 14.3. The van der Waals surface area contributed by atoms with Crippen LogP contribution in [0.5, 0.6) is 0 Å². The predicted molar refractivity (Wildman–Crippen MR) is 54.9 cm³/mol. The topological polar surface area (TPSA) is 0 Å². The number of allylic oxidation sites excluding steroid dienone is 10. The van der Waals surface area contributed by atoms with Crippen LogP contribution in [0, 0.1) is 12.3 Å². The Morgan fingerprint density at radius 3 is 3.15 bits per heavy atom. The van der Waals surface area contributed by atoms with Crippen molar-refractivity contribution in [1.29, 1.82) is 0 Å². The molecule has 0 heteroatoms. The van der Waals surface area contributed by atoms with E-state index in [2.05, 4.69) is 49.0 Å². The molecule has 0 saturated carbocycles. The fourth-order valence-electron chi connectivity index (χ4n) is 2.17. The number of hydrogen-bond acceptors (Lipinski definition) is 0. The summed E-state index contributed by atoms with van der Waals surface area (Å²) in [6, 6.07) is 0. The summed E-state index contributed by atoms with van der Waals surface area (Å²) in [7, 11) is 0. The summed E-state index contributed by atoms with van der Waals surface area (Å²) in [5, 5.41) is 0. The molecule has 0 aliphatic heterocycles.